The number of nitrogens with two attached hydrogens (primary N) is 8. The Balaban J connectivity index is 5.95. The molecule has 21 N–H and O–H groups in total. The summed E-state index contributed by atoms with van der Waals surface area (Å²) in [5.74, 6) is -5.31. The zero-order valence-corrected chi connectivity index (χ0v) is 28.6. The highest BCUT2D eigenvalue weighted by Gasteiger charge is 2.31. The normalized spacial score (nSPS) is 13.7. The summed E-state index contributed by atoms with van der Waals surface area (Å²) in [7, 11) is 0. The van der Waals surface area contributed by atoms with Crippen LogP contribution in [0.2, 0.25) is 0 Å². The molecule has 0 saturated heterocycles. The Morgan fingerprint density at radius 1 is 0.520 bits per heavy atom. The predicted molar refractivity (Wildman–Crippen MR) is 187 cm³/mol. The van der Waals surface area contributed by atoms with Crippen LogP contribution in [0.15, 0.2) is 9.98 Å². The van der Waals surface area contributed by atoms with E-state index in [-0.39, 0.29) is 70.0 Å². The number of primary amides is 1. The molecule has 0 aromatic heterocycles. The van der Waals surface area contributed by atoms with Gasteiger partial charge in [-0.25, -0.2) is 4.79 Å². The minimum atomic E-state index is -1.36. The minimum Gasteiger partial charge on any atom is -0.480 e. The number of carboxylic acid groups (broad SMARTS) is 1. The molecule has 0 saturated carbocycles. The molecule has 0 spiro atoms. The number of hydrogen-bond acceptors (Lipinski definition) is 11. The van der Waals surface area contributed by atoms with Gasteiger partial charge >= 0.3 is 5.97 Å². The van der Waals surface area contributed by atoms with E-state index in [1.807, 2.05) is 0 Å². The molecule has 0 bridgehead atoms. The number of unbranched alkanes of at least 4 members (excludes halogenated alkanes) is 2. The molecule has 21 heteroatoms. The van der Waals surface area contributed by atoms with Gasteiger partial charge in [0, 0.05) is 19.5 Å². The average molecular weight is 715 g/mol. The molecule has 0 aliphatic rings. The molecule has 5 atom stereocenters. The highest BCUT2D eigenvalue weighted by Crippen LogP contribution is 2.09. The molecular formula is C29H58N14O7. The third kappa shape index (κ3) is 21.3. The number of aliphatic carboxylic acids is 1. The zero-order chi connectivity index (χ0) is 38.1. The van der Waals surface area contributed by atoms with Crippen molar-refractivity contribution in [3.8, 4) is 0 Å². The lowest BCUT2D eigenvalue weighted by Crippen LogP contribution is -2.58. The Morgan fingerprint density at radius 3 is 1.30 bits per heavy atom. The third-order valence-electron chi connectivity index (χ3n) is 7.34. The molecule has 0 radical (unpaired) electrons. The summed E-state index contributed by atoms with van der Waals surface area (Å²) in [6.07, 6.45) is 2.46. The molecule has 286 valence electrons. The molecule has 0 aliphatic heterocycles. The lowest BCUT2D eigenvalue weighted by Gasteiger charge is -2.26. The van der Waals surface area contributed by atoms with E-state index in [1.54, 1.807) is 0 Å². The van der Waals surface area contributed by atoms with Crippen LogP contribution in [0.1, 0.15) is 77.0 Å². The Bertz CT molecular complexity index is 1150. The summed E-state index contributed by atoms with van der Waals surface area (Å²) in [5, 5.41) is 19.8. The molecule has 0 aliphatic carbocycles. The molecule has 0 aromatic carbocycles. The number of rotatable bonds is 28. The number of nitrogens with zero attached hydrogens (tertiary/aromatic N) is 2. The van der Waals surface area contributed by atoms with Crippen molar-refractivity contribution in [1.82, 2.24) is 21.3 Å². The number of nitrogens with one attached hydrogen (secondary N) is 4. The lowest BCUT2D eigenvalue weighted by atomic mass is 10.0. The van der Waals surface area contributed by atoms with Gasteiger partial charge in [0.1, 0.15) is 24.2 Å². The first kappa shape index (κ1) is 45.2. The molecule has 0 heterocycles. The van der Waals surface area contributed by atoms with Crippen molar-refractivity contribution in [2.45, 2.75) is 107 Å². The number of amides is 5. The first-order chi connectivity index (χ1) is 23.6. The highest BCUT2D eigenvalue weighted by molar-refractivity contribution is 5.95. The molecule has 50 heavy (non-hydrogen) atoms. The second-order valence-electron chi connectivity index (χ2n) is 11.7. The van der Waals surface area contributed by atoms with E-state index in [1.165, 1.54) is 0 Å². The van der Waals surface area contributed by atoms with Crippen molar-refractivity contribution in [1.29, 1.82) is 0 Å². The maximum Gasteiger partial charge on any atom is 0.326 e. The molecule has 0 rings (SSSR count). The van der Waals surface area contributed by atoms with Crippen LogP contribution >= 0.6 is 0 Å². The van der Waals surface area contributed by atoms with Crippen LogP contribution in [0, 0.1) is 0 Å². The second kappa shape index (κ2) is 26.2. The fraction of sp³-hybridized carbons (Fsp3) is 0.724. The van der Waals surface area contributed by atoms with Gasteiger partial charge < -0.3 is 72.2 Å². The smallest absolute Gasteiger partial charge is 0.326 e. The second-order valence-corrected chi connectivity index (χ2v) is 11.7. The molecule has 0 fully saturated rings. The summed E-state index contributed by atoms with van der Waals surface area (Å²) < 4.78 is 0. The van der Waals surface area contributed by atoms with Gasteiger partial charge in [-0.2, -0.15) is 0 Å². The van der Waals surface area contributed by atoms with E-state index in [9.17, 15) is 33.9 Å². The summed E-state index contributed by atoms with van der Waals surface area (Å²) in [5.41, 5.74) is 43.7. The van der Waals surface area contributed by atoms with Gasteiger partial charge in [-0.15, -0.1) is 0 Å². The van der Waals surface area contributed by atoms with E-state index in [2.05, 4.69) is 31.3 Å². The highest BCUT2D eigenvalue weighted by atomic mass is 16.4. The number of aliphatic imine (C=N–C) groups is 2. The van der Waals surface area contributed by atoms with E-state index in [4.69, 9.17) is 45.9 Å². The van der Waals surface area contributed by atoms with E-state index < -0.39 is 65.7 Å². The summed E-state index contributed by atoms with van der Waals surface area (Å²) >= 11 is 0. The Kier molecular flexibility index (Phi) is 23.7. The van der Waals surface area contributed by atoms with Crippen molar-refractivity contribution < 1.29 is 33.9 Å². The van der Waals surface area contributed by atoms with Gasteiger partial charge in [0.2, 0.25) is 29.5 Å². The van der Waals surface area contributed by atoms with Gasteiger partial charge in [-0.1, -0.05) is 0 Å². The number of carbonyl (C=O) groups is 6. The van der Waals surface area contributed by atoms with Crippen molar-refractivity contribution >= 4 is 47.4 Å². The Hall–Kier alpha value is -4.76. The number of guanidine groups is 2. The molecule has 0 aromatic rings. The van der Waals surface area contributed by atoms with E-state index >= 15 is 0 Å². The van der Waals surface area contributed by atoms with Crippen LogP contribution in [0.5, 0.6) is 0 Å². The summed E-state index contributed by atoms with van der Waals surface area (Å²) in [4.78, 5) is 84.3. The number of hydrogen-bond donors (Lipinski definition) is 13. The predicted octanol–water partition coefficient (Wildman–Crippen LogP) is -5.03. The van der Waals surface area contributed by atoms with Gasteiger partial charge in [-0.3, -0.25) is 34.0 Å². The average Bonchev–Trinajstić information content (AvgIpc) is 3.04. The topological polar surface area (TPSA) is 404 Å². The van der Waals surface area contributed by atoms with Gasteiger partial charge in [-0.05, 0) is 83.7 Å². The quantitative estimate of drug-likeness (QED) is 0.0205. The molecule has 5 amide bonds. The SMILES string of the molecule is NCCCC[C@H](NC(=O)[C@H](CCC(N)=O)NC(=O)[C@H](CCCCN)NC(=O)[C@@H](N)CCCN=C(N)N)C(=O)N[C@@H](CCCN=C(N)N)C(=O)O. The van der Waals surface area contributed by atoms with E-state index in [0.29, 0.717) is 45.2 Å². The monoisotopic (exact) mass is 714 g/mol. The first-order valence-corrected chi connectivity index (χ1v) is 16.6. The lowest BCUT2D eigenvalue weighted by molar-refractivity contribution is -0.142. The fourth-order valence-electron chi connectivity index (χ4n) is 4.59. The van der Waals surface area contributed by atoms with Crippen molar-refractivity contribution in [2.75, 3.05) is 26.2 Å². The standard InChI is InChI=1S/C29H58N14O7/c30-13-3-1-8-18(40-23(45)17(32)7-5-15-38-28(34)35)24(46)42-20(11-12-22(33)44)26(48)41-19(9-2-4-14-31)25(47)43-21(27(49)50)10-6-16-39-29(36)37/h17-21H,1-16,30-32H2,(H2,33,44)(H,40,45)(H,41,48)(H,42,46)(H,43,47)(H,49,50)(H4,34,35,38)(H4,36,37,39)/t17-,18-,19-,20-,21-/m0/s1. The number of carbonyl (C=O) groups excluding carboxylic acids is 5. The minimum absolute atomic E-state index is 0.00416. The molecular weight excluding hydrogens is 656 g/mol. The number of carboxylic acids is 1. The first-order valence-electron chi connectivity index (χ1n) is 16.6. The molecule has 0 unspecified atom stereocenters. The van der Waals surface area contributed by atoms with Gasteiger partial charge in [0.15, 0.2) is 11.9 Å². The summed E-state index contributed by atoms with van der Waals surface area (Å²) in [6, 6.07) is -6.01. The molecule has 21 nitrogen and oxygen atoms in total. The maximum atomic E-state index is 13.6. The van der Waals surface area contributed by atoms with Crippen LogP contribution in [-0.4, -0.2) is 109 Å². The zero-order valence-electron chi connectivity index (χ0n) is 28.6. The van der Waals surface area contributed by atoms with Crippen molar-refractivity contribution in [3.63, 3.8) is 0 Å². The van der Waals surface area contributed by atoms with Gasteiger partial charge in [0.25, 0.3) is 0 Å². The van der Waals surface area contributed by atoms with Crippen LogP contribution in [-0.2, 0) is 28.8 Å². The maximum absolute atomic E-state index is 13.6. The third-order valence-corrected chi connectivity index (χ3v) is 7.34. The summed E-state index contributed by atoms with van der Waals surface area (Å²) in [6.45, 7) is 1.03. The largest absolute Gasteiger partial charge is 0.480 e. The van der Waals surface area contributed by atoms with Crippen LogP contribution in [0.25, 0.3) is 0 Å². The van der Waals surface area contributed by atoms with Crippen molar-refractivity contribution in [3.05, 3.63) is 0 Å². The van der Waals surface area contributed by atoms with Gasteiger partial charge in [0.05, 0.1) is 6.04 Å². The van der Waals surface area contributed by atoms with Crippen LogP contribution in [0.4, 0.5) is 0 Å². The Morgan fingerprint density at radius 2 is 0.900 bits per heavy atom. The fourth-order valence-corrected chi connectivity index (χ4v) is 4.59. The van der Waals surface area contributed by atoms with Crippen LogP contribution < -0.4 is 67.1 Å². The van der Waals surface area contributed by atoms with Crippen molar-refractivity contribution in [2.24, 2.45) is 55.9 Å². The van der Waals surface area contributed by atoms with E-state index in [0.717, 1.165) is 0 Å². The van der Waals surface area contributed by atoms with Crippen LogP contribution in [0.3, 0.4) is 0 Å². The Labute approximate surface area is 291 Å².